The summed E-state index contributed by atoms with van der Waals surface area (Å²) in [5.74, 6) is 2.32. The third-order valence-electron chi connectivity index (χ3n) is 5.42. The van der Waals surface area contributed by atoms with Crippen molar-refractivity contribution in [2.75, 3.05) is 12.4 Å². The number of nitrogens with one attached hydrogen (secondary N) is 3. The van der Waals surface area contributed by atoms with E-state index in [0.29, 0.717) is 11.7 Å². The zero-order valence-electron chi connectivity index (χ0n) is 19.8. The maximum Gasteiger partial charge on any atom is 0.189 e. The van der Waals surface area contributed by atoms with Crippen LogP contribution in [0.1, 0.15) is 30.5 Å². The fraction of sp³-hybridized carbons (Fsp3) is 0.222. The highest BCUT2D eigenvalue weighted by atomic mass is 32.1. The highest BCUT2D eigenvalue weighted by Crippen LogP contribution is 2.37. The standard InChI is InChI=1S/C27H29N3O3S/c1-18-7-5-6-8-19(18)17-32-22-13-14-25-23(15-22)24(16-27(2,3)33-25)29-30-26(34)28-20-9-11-21(31-4)12-10-20/h5-16,29H,17H2,1-4H3,(H2,28,30,34). The van der Waals surface area contributed by atoms with E-state index < -0.39 is 5.60 Å². The minimum Gasteiger partial charge on any atom is -0.497 e. The minimum atomic E-state index is -0.481. The molecule has 34 heavy (non-hydrogen) atoms. The van der Waals surface area contributed by atoms with Crippen LogP contribution in [0.2, 0.25) is 0 Å². The molecule has 1 aliphatic rings. The molecule has 3 aromatic carbocycles. The molecule has 3 N–H and O–H groups in total. The molecule has 4 rings (SSSR count). The highest BCUT2D eigenvalue weighted by Gasteiger charge is 2.27. The van der Waals surface area contributed by atoms with Gasteiger partial charge in [-0.05, 0) is 92.7 Å². The first-order valence-electron chi connectivity index (χ1n) is 11.0. The second kappa shape index (κ2) is 10.1. The van der Waals surface area contributed by atoms with Crippen molar-refractivity contribution in [3.05, 3.63) is 89.5 Å². The van der Waals surface area contributed by atoms with E-state index in [-0.39, 0.29) is 0 Å². The summed E-state index contributed by atoms with van der Waals surface area (Å²) in [4.78, 5) is 0. The van der Waals surface area contributed by atoms with Crippen molar-refractivity contribution in [3.8, 4) is 17.2 Å². The quantitative estimate of drug-likeness (QED) is 0.304. The van der Waals surface area contributed by atoms with Crippen LogP contribution in [0.5, 0.6) is 17.2 Å². The summed E-state index contributed by atoms with van der Waals surface area (Å²) in [5, 5.41) is 3.59. The van der Waals surface area contributed by atoms with Gasteiger partial charge in [-0.3, -0.25) is 10.9 Å². The maximum absolute atomic E-state index is 6.15. The maximum atomic E-state index is 6.15. The molecule has 0 aliphatic carbocycles. The first kappa shape index (κ1) is 23.4. The van der Waals surface area contributed by atoms with Crippen LogP contribution in [0.3, 0.4) is 0 Å². The van der Waals surface area contributed by atoms with Gasteiger partial charge in [-0.15, -0.1) is 0 Å². The molecule has 0 atom stereocenters. The Kier molecular flexibility index (Phi) is 6.93. The van der Waals surface area contributed by atoms with E-state index in [4.69, 9.17) is 26.4 Å². The molecule has 0 saturated carbocycles. The number of ether oxygens (including phenoxy) is 3. The van der Waals surface area contributed by atoms with E-state index in [2.05, 4.69) is 35.2 Å². The first-order chi connectivity index (χ1) is 16.3. The topological polar surface area (TPSA) is 63.8 Å². The van der Waals surface area contributed by atoms with E-state index in [1.54, 1.807) is 7.11 Å². The Morgan fingerprint density at radius 3 is 2.47 bits per heavy atom. The molecule has 0 saturated heterocycles. The van der Waals surface area contributed by atoms with Crippen molar-refractivity contribution in [1.82, 2.24) is 10.9 Å². The SMILES string of the molecule is COc1ccc(NC(=S)NNC2=CC(C)(C)Oc3ccc(OCc4ccccc4C)cc32)cc1. The molecular formula is C27H29N3O3S. The highest BCUT2D eigenvalue weighted by molar-refractivity contribution is 7.80. The number of benzene rings is 3. The smallest absolute Gasteiger partial charge is 0.189 e. The van der Waals surface area contributed by atoms with Crippen LogP contribution >= 0.6 is 12.2 Å². The van der Waals surface area contributed by atoms with Gasteiger partial charge >= 0.3 is 0 Å². The van der Waals surface area contributed by atoms with Gasteiger partial charge in [0.05, 0.1) is 12.8 Å². The van der Waals surface area contributed by atoms with Gasteiger partial charge in [-0.2, -0.15) is 0 Å². The number of fused-ring (bicyclic) bond motifs is 1. The molecule has 0 fully saturated rings. The van der Waals surface area contributed by atoms with Crippen molar-refractivity contribution in [2.24, 2.45) is 0 Å². The lowest BCUT2D eigenvalue weighted by molar-refractivity contribution is 0.157. The van der Waals surface area contributed by atoms with Crippen molar-refractivity contribution in [2.45, 2.75) is 33.0 Å². The average Bonchev–Trinajstić information content (AvgIpc) is 2.82. The third-order valence-corrected chi connectivity index (χ3v) is 5.62. The number of hydrogen-bond acceptors (Lipinski definition) is 5. The number of hydrazine groups is 1. The molecule has 1 aliphatic heterocycles. The normalized spacial score (nSPS) is 13.6. The molecule has 176 valence electrons. The number of aryl methyl sites for hydroxylation is 1. The summed E-state index contributed by atoms with van der Waals surface area (Å²) in [7, 11) is 1.64. The lowest BCUT2D eigenvalue weighted by Crippen LogP contribution is -2.41. The monoisotopic (exact) mass is 475 g/mol. The molecule has 0 aromatic heterocycles. The Morgan fingerprint density at radius 1 is 1.00 bits per heavy atom. The van der Waals surface area contributed by atoms with Crippen molar-refractivity contribution < 1.29 is 14.2 Å². The molecule has 0 bridgehead atoms. The zero-order chi connectivity index (χ0) is 24.1. The zero-order valence-corrected chi connectivity index (χ0v) is 20.6. The lowest BCUT2D eigenvalue weighted by atomic mass is 9.99. The summed E-state index contributed by atoms with van der Waals surface area (Å²) in [6, 6.07) is 21.6. The average molecular weight is 476 g/mol. The molecule has 0 amide bonds. The molecule has 7 heteroatoms. The summed E-state index contributed by atoms with van der Waals surface area (Å²) < 4.78 is 17.4. The van der Waals surface area contributed by atoms with Crippen LogP contribution in [0.4, 0.5) is 5.69 Å². The summed E-state index contributed by atoms with van der Waals surface area (Å²) >= 11 is 5.46. The van der Waals surface area contributed by atoms with Gasteiger partial charge in [0.15, 0.2) is 5.11 Å². The summed E-state index contributed by atoms with van der Waals surface area (Å²) in [6.45, 7) is 6.60. The van der Waals surface area contributed by atoms with Crippen LogP contribution in [-0.4, -0.2) is 17.8 Å². The predicted molar refractivity (Wildman–Crippen MR) is 140 cm³/mol. The molecule has 3 aromatic rings. The van der Waals surface area contributed by atoms with Gasteiger partial charge in [0.25, 0.3) is 0 Å². The predicted octanol–water partition coefficient (Wildman–Crippen LogP) is 5.59. The molecule has 6 nitrogen and oxygen atoms in total. The van der Waals surface area contributed by atoms with Gasteiger partial charge < -0.3 is 19.5 Å². The Morgan fingerprint density at radius 2 is 1.74 bits per heavy atom. The van der Waals surface area contributed by atoms with Gasteiger partial charge in [0.2, 0.25) is 0 Å². The Labute approximate surface area is 205 Å². The Hall–Kier alpha value is -3.71. The fourth-order valence-corrected chi connectivity index (χ4v) is 3.80. The van der Waals surface area contributed by atoms with Gasteiger partial charge in [-0.1, -0.05) is 24.3 Å². The fourth-order valence-electron chi connectivity index (χ4n) is 3.63. The van der Waals surface area contributed by atoms with Gasteiger partial charge in [0.1, 0.15) is 29.5 Å². The number of anilines is 1. The van der Waals surface area contributed by atoms with Crippen molar-refractivity contribution >= 4 is 28.7 Å². The number of thiocarbonyl (C=S) groups is 1. The first-order valence-corrected chi connectivity index (χ1v) is 11.4. The van der Waals surface area contributed by atoms with E-state index in [9.17, 15) is 0 Å². The minimum absolute atomic E-state index is 0.434. The molecule has 0 radical (unpaired) electrons. The Balaban J connectivity index is 1.45. The molecule has 1 heterocycles. The van der Waals surface area contributed by atoms with E-state index in [1.807, 2.05) is 74.5 Å². The van der Waals surface area contributed by atoms with Crippen LogP contribution in [0.15, 0.2) is 72.8 Å². The summed E-state index contributed by atoms with van der Waals surface area (Å²) in [6.07, 6.45) is 2.02. The van der Waals surface area contributed by atoms with Gasteiger partial charge in [-0.25, -0.2) is 0 Å². The molecular weight excluding hydrogens is 446 g/mol. The second-order valence-corrected chi connectivity index (χ2v) is 8.98. The summed E-state index contributed by atoms with van der Waals surface area (Å²) in [5.41, 5.74) is 10.8. The van der Waals surface area contributed by atoms with Crippen molar-refractivity contribution in [3.63, 3.8) is 0 Å². The van der Waals surface area contributed by atoms with E-state index >= 15 is 0 Å². The second-order valence-electron chi connectivity index (χ2n) is 8.57. The molecule has 0 spiro atoms. The number of hydrogen-bond donors (Lipinski definition) is 3. The van der Waals surface area contributed by atoms with Crippen LogP contribution in [0.25, 0.3) is 5.70 Å². The van der Waals surface area contributed by atoms with Gasteiger partial charge in [0, 0.05) is 11.3 Å². The van der Waals surface area contributed by atoms with Crippen LogP contribution in [-0.2, 0) is 6.61 Å². The van der Waals surface area contributed by atoms with E-state index in [0.717, 1.165) is 39.8 Å². The van der Waals surface area contributed by atoms with Crippen LogP contribution in [0, 0.1) is 6.92 Å². The van der Waals surface area contributed by atoms with Crippen LogP contribution < -0.4 is 30.4 Å². The Bertz CT molecular complexity index is 1210. The number of rotatable bonds is 7. The van der Waals surface area contributed by atoms with Crippen molar-refractivity contribution in [1.29, 1.82) is 0 Å². The third kappa shape index (κ3) is 5.80. The lowest BCUT2D eigenvalue weighted by Gasteiger charge is -2.32. The van der Waals surface area contributed by atoms with E-state index in [1.165, 1.54) is 5.56 Å². The number of methoxy groups -OCH3 is 1. The molecule has 0 unspecified atom stereocenters. The largest absolute Gasteiger partial charge is 0.497 e.